The summed E-state index contributed by atoms with van der Waals surface area (Å²) >= 11 is 0. The summed E-state index contributed by atoms with van der Waals surface area (Å²) in [5.41, 5.74) is 0.697. The molecule has 7 heteroatoms. The summed E-state index contributed by atoms with van der Waals surface area (Å²) in [6.07, 6.45) is -0.412. The maximum atomic E-state index is 11.6. The Bertz CT molecular complexity index is 626. The normalized spacial score (nSPS) is 17.4. The van der Waals surface area contributed by atoms with E-state index in [1.165, 1.54) is 0 Å². The summed E-state index contributed by atoms with van der Waals surface area (Å²) in [5.74, 6) is 0. The van der Waals surface area contributed by atoms with Gasteiger partial charge < -0.3 is 24.7 Å². The van der Waals surface area contributed by atoms with Crippen molar-refractivity contribution in [1.29, 1.82) is 0 Å². The van der Waals surface area contributed by atoms with Gasteiger partial charge in [-0.05, 0) is 66.1 Å². The number of amides is 1. The molecule has 2 rings (SSSR count). The molecule has 0 spiro atoms. The van der Waals surface area contributed by atoms with Gasteiger partial charge in [-0.3, -0.25) is 0 Å². The maximum Gasteiger partial charge on any atom is 0.494 e. The molecule has 0 radical (unpaired) electrons. The second-order valence-corrected chi connectivity index (χ2v) is 8.57. The van der Waals surface area contributed by atoms with Gasteiger partial charge in [-0.15, -0.1) is 0 Å². The third-order valence-electron chi connectivity index (χ3n) is 4.53. The first-order chi connectivity index (χ1) is 12.9. The van der Waals surface area contributed by atoms with Crippen molar-refractivity contribution in [2.75, 3.05) is 18.4 Å². The van der Waals surface area contributed by atoms with E-state index in [2.05, 4.69) is 10.6 Å². The lowest BCUT2D eigenvalue weighted by atomic mass is 9.79. The predicted molar refractivity (Wildman–Crippen MR) is 116 cm³/mol. The van der Waals surface area contributed by atoms with Crippen LogP contribution >= 0.6 is 0 Å². The van der Waals surface area contributed by atoms with Crippen LogP contribution < -0.4 is 16.1 Å². The Hall–Kier alpha value is -1.73. The van der Waals surface area contributed by atoms with Crippen molar-refractivity contribution in [3.63, 3.8) is 0 Å². The third-order valence-corrected chi connectivity index (χ3v) is 4.53. The summed E-state index contributed by atoms with van der Waals surface area (Å²) in [7, 11) is -0.387. The molecule has 1 aliphatic heterocycles. The molecule has 0 atom stereocenters. The Morgan fingerprint density at radius 3 is 2.18 bits per heavy atom. The van der Waals surface area contributed by atoms with Crippen molar-refractivity contribution in [1.82, 2.24) is 5.32 Å². The molecule has 158 valence electrons. The summed E-state index contributed by atoms with van der Waals surface area (Å²) in [6.45, 7) is 18.7. The number of nitrogens with one attached hydrogen (secondary N) is 2. The molecule has 2 N–H and O–H groups in total. The molecule has 0 aliphatic carbocycles. The molecule has 0 bridgehead atoms. The van der Waals surface area contributed by atoms with Crippen LogP contribution in [0.2, 0.25) is 0 Å². The number of rotatable bonds is 5. The van der Waals surface area contributed by atoms with Crippen molar-refractivity contribution in [3.8, 4) is 0 Å². The summed E-state index contributed by atoms with van der Waals surface area (Å²) in [4.78, 5) is 11.6. The lowest BCUT2D eigenvalue weighted by molar-refractivity contribution is 0.00578. The van der Waals surface area contributed by atoms with Gasteiger partial charge in [0, 0.05) is 18.8 Å². The molecular formula is C21H37BN2O4. The van der Waals surface area contributed by atoms with Crippen LogP contribution in [0.15, 0.2) is 24.3 Å². The van der Waals surface area contributed by atoms with Gasteiger partial charge >= 0.3 is 13.2 Å². The Kier molecular flexibility index (Phi) is 8.38. The Morgan fingerprint density at radius 2 is 1.64 bits per heavy atom. The van der Waals surface area contributed by atoms with E-state index in [0.29, 0.717) is 13.1 Å². The van der Waals surface area contributed by atoms with Gasteiger partial charge in [-0.2, -0.15) is 0 Å². The fraction of sp³-hybridized carbons (Fsp3) is 0.667. The maximum absolute atomic E-state index is 11.6. The molecule has 0 saturated carbocycles. The van der Waals surface area contributed by atoms with Crippen molar-refractivity contribution in [3.05, 3.63) is 24.3 Å². The van der Waals surface area contributed by atoms with Gasteiger partial charge in [0.2, 0.25) is 0 Å². The summed E-state index contributed by atoms with van der Waals surface area (Å²) < 4.78 is 17.4. The summed E-state index contributed by atoms with van der Waals surface area (Å²) in [5, 5.41) is 6.01. The van der Waals surface area contributed by atoms with Crippen LogP contribution in [0, 0.1) is 0 Å². The molecule has 1 aliphatic rings. The van der Waals surface area contributed by atoms with E-state index in [9.17, 15) is 4.79 Å². The second-order valence-electron chi connectivity index (χ2n) is 8.57. The van der Waals surface area contributed by atoms with E-state index in [1.54, 1.807) is 0 Å². The van der Waals surface area contributed by atoms with Crippen molar-refractivity contribution < 1.29 is 18.8 Å². The molecule has 1 heterocycles. The predicted octanol–water partition coefficient (Wildman–Crippen LogP) is 3.95. The van der Waals surface area contributed by atoms with Crippen molar-refractivity contribution in [2.24, 2.45) is 0 Å². The van der Waals surface area contributed by atoms with E-state index in [4.69, 9.17) is 14.0 Å². The smallest absolute Gasteiger partial charge is 0.444 e. The molecule has 1 amide bonds. The minimum absolute atomic E-state index is 0.363. The molecule has 1 aromatic carbocycles. The van der Waals surface area contributed by atoms with Crippen molar-refractivity contribution in [2.45, 2.75) is 79.1 Å². The number of hydrogen-bond donors (Lipinski definition) is 2. The van der Waals surface area contributed by atoms with Crippen LogP contribution in [0.5, 0.6) is 0 Å². The highest BCUT2D eigenvalue weighted by Crippen LogP contribution is 2.36. The van der Waals surface area contributed by atoms with E-state index >= 15 is 0 Å². The Balaban J connectivity index is 0.00000190. The number of alkyl carbamates (subject to hydrolysis) is 1. The summed E-state index contributed by atoms with van der Waals surface area (Å²) in [6, 6.07) is 7.94. The zero-order valence-electron chi connectivity index (χ0n) is 18.9. The first-order valence-corrected chi connectivity index (χ1v) is 10.1. The quantitative estimate of drug-likeness (QED) is 0.587. The Labute approximate surface area is 170 Å². The molecule has 0 aromatic heterocycles. The number of hydrogen-bond acceptors (Lipinski definition) is 5. The number of carbonyl (C=O) groups is 1. The number of ether oxygens (including phenoxy) is 1. The first-order valence-electron chi connectivity index (χ1n) is 10.1. The largest absolute Gasteiger partial charge is 0.494 e. The van der Waals surface area contributed by atoms with Crippen LogP contribution in [-0.4, -0.2) is 43.1 Å². The molecule has 0 unspecified atom stereocenters. The van der Waals surface area contributed by atoms with Gasteiger partial charge in [0.05, 0.1) is 11.2 Å². The minimum Gasteiger partial charge on any atom is -0.444 e. The zero-order chi connectivity index (χ0) is 21.6. The second kappa shape index (κ2) is 9.66. The van der Waals surface area contributed by atoms with Gasteiger partial charge in [-0.1, -0.05) is 26.0 Å². The lowest BCUT2D eigenvalue weighted by Crippen LogP contribution is -2.41. The van der Waals surface area contributed by atoms with Crippen LogP contribution in [0.4, 0.5) is 10.5 Å². The van der Waals surface area contributed by atoms with Crippen LogP contribution in [0.3, 0.4) is 0 Å². The molecule has 1 saturated heterocycles. The van der Waals surface area contributed by atoms with Crippen LogP contribution in [-0.2, 0) is 14.0 Å². The molecule has 28 heavy (non-hydrogen) atoms. The van der Waals surface area contributed by atoms with Gasteiger partial charge in [0.15, 0.2) is 0 Å². The van der Waals surface area contributed by atoms with E-state index < -0.39 is 11.7 Å². The van der Waals surface area contributed by atoms with Crippen LogP contribution in [0.25, 0.3) is 0 Å². The van der Waals surface area contributed by atoms with Gasteiger partial charge in [0.25, 0.3) is 0 Å². The molecular weight excluding hydrogens is 355 g/mol. The number of carbonyl (C=O) groups excluding carboxylic acids is 1. The highest BCUT2D eigenvalue weighted by atomic mass is 16.7. The average molecular weight is 392 g/mol. The van der Waals surface area contributed by atoms with Gasteiger partial charge in [0.1, 0.15) is 5.60 Å². The molecule has 6 nitrogen and oxygen atoms in total. The van der Waals surface area contributed by atoms with E-state index in [-0.39, 0.29) is 18.3 Å². The number of anilines is 1. The number of benzene rings is 1. The topological polar surface area (TPSA) is 68.8 Å². The highest BCUT2D eigenvalue weighted by molar-refractivity contribution is 6.62. The minimum atomic E-state index is -0.491. The first kappa shape index (κ1) is 24.3. The highest BCUT2D eigenvalue weighted by Gasteiger charge is 2.51. The van der Waals surface area contributed by atoms with E-state index in [0.717, 1.165) is 11.2 Å². The zero-order valence-corrected chi connectivity index (χ0v) is 18.9. The standard InChI is InChI=1S/C19H31BN2O4.C2H6/c1-17(2,3)24-16(23)22-12-11-21-15-10-8-9-14(13-15)20-25-18(4,5)19(6,7)26-20;1-2/h8-10,13,21H,11-12H2,1-7H3,(H,22,23);1-2H3. The SMILES string of the molecule is CC.CC(C)(C)OC(=O)NCCNc1cccc(B2OC(C)(C)C(C)(C)O2)c1. The molecule has 1 fully saturated rings. The van der Waals surface area contributed by atoms with Gasteiger partial charge in [-0.25, -0.2) is 4.79 Å². The Morgan fingerprint density at radius 1 is 1.07 bits per heavy atom. The fourth-order valence-corrected chi connectivity index (χ4v) is 2.46. The van der Waals surface area contributed by atoms with E-state index in [1.807, 2.05) is 86.6 Å². The monoisotopic (exact) mass is 392 g/mol. The molecule has 1 aromatic rings. The average Bonchev–Trinajstić information content (AvgIpc) is 2.80. The lowest BCUT2D eigenvalue weighted by Gasteiger charge is -2.32. The van der Waals surface area contributed by atoms with Crippen molar-refractivity contribution >= 4 is 24.4 Å². The fourth-order valence-electron chi connectivity index (χ4n) is 2.46. The van der Waals surface area contributed by atoms with Crippen LogP contribution in [0.1, 0.15) is 62.3 Å². The third kappa shape index (κ3) is 7.02.